The van der Waals surface area contributed by atoms with Crippen LogP contribution >= 0.6 is 15.9 Å². The van der Waals surface area contributed by atoms with E-state index in [0.29, 0.717) is 16.6 Å². The SMILES string of the molecule is OC1CCCCC1Nc1cc(Br)cc(C(F)(F)F)c1. The second-order valence-electron chi connectivity index (χ2n) is 4.83. The molecular weight excluding hydrogens is 323 g/mol. The molecule has 2 unspecified atom stereocenters. The topological polar surface area (TPSA) is 32.3 Å². The zero-order valence-electron chi connectivity index (χ0n) is 10.2. The van der Waals surface area contributed by atoms with Crippen LogP contribution in [0.2, 0.25) is 0 Å². The van der Waals surface area contributed by atoms with Gasteiger partial charge in [-0.2, -0.15) is 13.2 Å². The minimum atomic E-state index is -4.37. The summed E-state index contributed by atoms with van der Waals surface area (Å²) in [5.74, 6) is 0. The van der Waals surface area contributed by atoms with Crippen LogP contribution < -0.4 is 5.32 Å². The molecule has 0 aromatic heterocycles. The van der Waals surface area contributed by atoms with Crippen molar-refractivity contribution in [3.05, 3.63) is 28.2 Å². The van der Waals surface area contributed by atoms with E-state index >= 15 is 0 Å². The summed E-state index contributed by atoms with van der Waals surface area (Å²) in [7, 11) is 0. The standard InChI is InChI=1S/C13H15BrF3NO/c14-9-5-8(13(15,16)17)6-10(7-9)18-11-3-1-2-4-12(11)19/h5-7,11-12,18-19H,1-4H2. The van der Waals surface area contributed by atoms with E-state index in [4.69, 9.17) is 0 Å². The van der Waals surface area contributed by atoms with E-state index in [1.165, 1.54) is 0 Å². The molecule has 1 saturated carbocycles. The number of nitrogens with one attached hydrogen (secondary N) is 1. The summed E-state index contributed by atoms with van der Waals surface area (Å²) in [6.07, 6.45) is -1.46. The van der Waals surface area contributed by atoms with Crippen molar-refractivity contribution in [3.8, 4) is 0 Å². The molecule has 2 N–H and O–H groups in total. The van der Waals surface area contributed by atoms with Gasteiger partial charge in [0.1, 0.15) is 0 Å². The maximum absolute atomic E-state index is 12.7. The van der Waals surface area contributed by atoms with Crippen molar-refractivity contribution >= 4 is 21.6 Å². The van der Waals surface area contributed by atoms with Crippen LogP contribution in [0.3, 0.4) is 0 Å². The largest absolute Gasteiger partial charge is 0.416 e. The molecule has 0 amide bonds. The van der Waals surface area contributed by atoms with Gasteiger partial charge in [-0.05, 0) is 31.0 Å². The number of rotatable bonds is 2. The zero-order valence-corrected chi connectivity index (χ0v) is 11.8. The molecule has 1 aliphatic rings. The molecular formula is C13H15BrF3NO. The van der Waals surface area contributed by atoms with Gasteiger partial charge in [-0.3, -0.25) is 0 Å². The molecule has 0 aliphatic heterocycles. The number of halogens is 4. The van der Waals surface area contributed by atoms with E-state index in [1.807, 2.05) is 0 Å². The van der Waals surface area contributed by atoms with Crippen LogP contribution in [0.15, 0.2) is 22.7 Å². The molecule has 0 radical (unpaired) electrons. The summed E-state index contributed by atoms with van der Waals surface area (Å²) in [5.41, 5.74) is -0.317. The third-order valence-electron chi connectivity index (χ3n) is 3.31. The highest BCUT2D eigenvalue weighted by molar-refractivity contribution is 9.10. The molecule has 1 aromatic rings. The molecule has 2 atom stereocenters. The number of aliphatic hydroxyl groups excluding tert-OH is 1. The molecule has 1 aromatic carbocycles. The average molecular weight is 338 g/mol. The number of benzene rings is 1. The summed E-state index contributed by atoms with van der Waals surface area (Å²) in [6.45, 7) is 0. The Morgan fingerprint density at radius 3 is 2.47 bits per heavy atom. The lowest BCUT2D eigenvalue weighted by atomic mass is 9.92. The Labute approximate surface area is 118 Å². The summed E-state index contributed by atoms with van der Waals surface area (Å²) < 4.78 is 38.5. The number of hydrogen-bond acceptors (Lipinski definition) is 2. The molecule has 6 heteroatoms. The fourth-order valence-corrected chi connectivity index (χ4v) is 2.82. The second kappa shape index (κ2) is 5.71. The van der Waals surface area contributed by atoms with Gasteiger partial charge in [-0.15, -0.1) is 0 Å². The van der Waals surface area contributed by atoms with Crippen LogP contribution in [0.25, 0.3) is 0 Å². The monoisotopic (exact) mass is 337 g/mol. The van der Waals surface area contributed by atoms with Crippen molar-refractivity contribution in [2.24, 2.45) is 0 Å². The van der Waals surface area contributed by atoms with Gasteiger partial charge in [0.15, 0.2) is 0 Å². The van der Waals surface area contributed by atoms with Gasteiger partial charge in [-0.25, -0.2) is 0 Å². The zero-order chi connectivity index (χ0) is 14.0. The Balaban J connectivity index is 2.18. The maximum atomic E-state index is 12.7. The number of aliphatic hydroxyl groups is 1. The molecule has 19 heavy (non-hydrogen) atoms. The van der Waals surface area contributed by atoms with Gasteiger partial charge < -0.3 is 10.4 Å². The molecule has 1 fully saturated rings. The van der Waals surface area contributed by atoms with Crippen molar-refractivity contribution in [1.82, 2.24) is 0 Å². The maximum Gasteiger partial charge on any atom is 0.416 e. The summed E-state index contributed by atoms with van der Waals surface area (Å²) >= 11 is 3.08. The fourth-order valence-electron chi connectivity index (χ4n) is 2.33. The summed E-state index contributed by atoms with van der Waals surface area (Å²) in [4.78, 5) is 0. The second-order valence-corrected chi connectivity index (χ2v) is 5.74. The molecule has 2 rings (SSSR count). The van der Waals surface area contributed by atoms with Crippen LogP contribution in [-0.2, 0) is 6.18 Å². The first-order valence-electron chi connectivity index (χ1n) is 6.18. The normalized spacial score (nSPS) is 24.3. The summed E-state index contributed by atoms with van der Waals surface area (Å²) in [5, 5.41) is 12.8. The van der Waals surface area contributed by atoms with E-state index in [1.54, 1.807) is 6.07 Å². The van der Waals surface area contributed by atoms with Crippen LogP contribution in [0.1, 0.15) is 31.2 Å². The van der Waals surface area contributed by atoms with Crippen molar-refractivity contribution in [2.75, 3.05) is 5.32 Å². The fraction of sp³-hybridized carbons (Fsp3) is 0.538. The summed E-state index contributed by atoms with van der Waals surface area (Å²) in [6, 6.07) is 3.54. The van der Waals surface area contributed by atoms with Crippen LogP contribution in [0.5, 0.6) is 0 Å². The molecule has 0 spiro atoms. The van der Waals surface area contributed by atoms with Gasteiger partial charge in [0.2, 0.25) is 0 Å². The Morgan fingerprint density at radius 2 is 1.84 bits per heavy atom. The van der Waals surface area contributed by atoms with Gasteiger partial charge in [0.25, 0.3) is 0 Å². The number of hydrogen-bond donors (Lipinski definition) is 2. The Kier molecular flexibility index (Phi) is 4.40. The molecule has 106 valence electrons. The quantitative estimate of drug-likeness (QED) is 0.848. The number of anilines is 1. The Morgan fingerprint density at radius 1 is 1.16 bits per heavy atom. The highest BCUT2D eigenvalue weighted by Gasteiger charge is 2.31. The molecule has 2 nitrogen and oxygen atoms in total. The van der Waals surface area contributed by atoms with Crippen LogP contribution in [-0.4, -0.2) is 17.3 Å². The van der Waals surface area contributed by atoms with Gasteiger partial charge >= 0.3 is 6.18 Å². The Hall–Kier alpha value is -0.750. The van der Waals surface area contributed by atoms with Crippen LogP contribution in [0.4, 0.5) is 18.9 Å². The minimum absolute atomic E-state index is 0.177. The smallest absolute Gasteiger partial charge is 0.391 e. The predicted octanol–water partition coefficient (Wildman–Crippen LogP) is 4.18. The first kappa shape index (κ1) is 14.7. The molecule has 0 bridgehead atoms. The third-order valence-corrected chi connectivity index (χ3v) is 3.76. The van der Waals surface area contributed by atoms with Crippen molar-refractivity contribution in [1.29, 1.82) is 0 Å². The lowest BCUT2D eigenvalue weighted by molar-refractivity contribution is -0.137. The van der Waals surface area contributed by atoms with Crippen molar-refractivity contribution in [3.63, 3.8) is 0 Å². The minimum Gasteiger partial charge on any atom is -0.391 e. The third kappa shape index (κ3) is 3.86. The van der Waals surface area contributed by atoms with E-state index in [0.717, 1.165) is 31.4 Å². The first-order valence-corrected chi connectivity index (χ1v) is 6.98. The first-order chi connectivity index (χ1) is 8.86. The predicted molar refractivity (Wildman–Crippen MR) is 71.0 cm³/mol. The van der Waals surface area contributed by atoms with E-state index < -0.39 is 17.8 Å². The highest BCUT2D eigenvalue weighted by Crippen LogP contribution is 2.34. The van der Waals surface area contributed by atoms with Gasteiger partial charge in [0, 0.05) is 10.2 Å². The number of alkyl halides is 3. The molecule has 0 saturated heterocycles. The lowest BCUT2D eigenvalue weighted by Gasteiger charge is -2.29. The van der Waals surface area contributed by atoms with Crippen molar-refractivity contribution in [2.45, 2.75) is 44.0 Å². The van der Waals surface area contributed by atoms with Crippen molar-refractivity contribution < 1.29 is 18.3 Å². The van der Waals surface area contributed by atoms with Gasteiger partial charge in [0.05, 0.1) is 17.7 Å². The average Bonchev–Trinajstić information content (AvgIpc) is 2.30. The highest BCUT2D eigenvalue weighted by atomic mass is 79.9. The van der Waals surface area contributed by atoms with E-state index in [9.17, 15) is 18.3 Å². The Bertz CT molecular complexity index is 450. The lowest BCUT2D eigenvalue weighted by Crippen LogP contribution is -2.36. The van der Waals surface area contributed by atoms with Crippen LogP contribution in [0, 0.1) is 0 Å². The molecule has 0 heterocycles. The van der Waals surface area contributed by atoms with E-state index in [2.05, 4.69) is 21.2 Å². The molecule has 1 aliphatic carbocycles. The van der Waals surface area contributed by atoms with Gasteiger partial charge in [-0.1, -0.05) is 28.8 Å². The van der Waals surface area contributed by atoms with E-state index in [-0.39, 0.29) is 6.04 Å².